The number of nitrogens with two attached hydrogens (primary N) is 1. The maximum atomic E-state index is 13.2. The van der Waals surface area contributed by atoms with Gasteiger partial charge in [-0.05, 0) is 36.8 Å². The van der Waals surface area contributed by atoms with Crippen LogP contribution in [0.3, 0.4) is 0 Å². The molecule has 1 aromatic rings. The molecule has 0 bridgehead atoms. The molecule has 2 aliphatic rings. The van der Waals surface area contributed by atoms with Crippen LogP contribution in [0.4, 0.5) is 0 Å². The molecular weight excluding hydrogens is 278 g/mol. The summed E-state index contributed by atoms with van der Waals surface area (Å²) in [6.45, 7) is 1.39. The number of primary amides is 1. The van der Waals surface area contributed by atoms with E-state index < -0.39 is 5.41 Å². The average Bonchev–Trinajstić information content (AvgIpc) is 3.17. The molecule has 118 valence electrons. The second-order valence-electron chi connectivity index (χ2n) is 6.61. The van der Waals surface area contributed by atoms with E-state index in [1.165, 1.54) is 0 Å². The number of nitrogens with zero attached hydrogens (tertiary/aromatic N) is 2. The van der Waals surface area contributed by atoms with Crippen molar-refractivity contribution < 1.29 is 9.59 Å². The molecule has 0 aromatic carbocycles. The highest BCUT2D eigenvalue weighted by molar-refractivity contribution is 5.89. The van der Waals surface area contributed by atoms with Crippen molar-refractivity contribution >= 4 is 11.8 Å². The zero-order valence-corrected chi connectivity index (χ0v) is 12.8. The van der Waals surface area contributed by atoms with Crippen LogP contribution in [-0.2, 0) is 15.0 Å². The summed E-state index contributed by atoms with van der Waals surface area (Å²) in [6.07, 6.45) is 8.79. The number of rotatable bonds is 4. The summed E-state index contributed by atoms with van der Waals surface area (Å²) in [5.74, 6) is 0.154. The van der Waals surface area contributed by atoms with E-state index in [9.17, 15) is 9.59 Å². The largest absolute Gasteiger partial charge is 0.370 e. The molecule has 22 heavy (non-hydrogen) atoms. The van der Waals surface area contributed by atoms with E-state index in [1.54, 1.807) is 6.20 Å². The van der Waals surface area contributed by atoms with Gasteiger partial charge in [-0.15, -0.1) is 0 Å². The van der Waals surface area contributed by atoms with Crippen molar-refractivity contribution in [2.45, 2.75) is 43.9 Å². The van der Waals surface area contributed by atoms with E-state index in [0.717, 1.165) is 44.2 Å². The fourth-order valence-electron chi connectivity index (χ4n) is 4.02. The molecule has 2 amide bonds. The van der Waals surface area contributed by atoms with Crippen molar-refractivity contribution in [1.29, 1.82) is 0 Å². The van der Waals surface area contributed by atoms with E-state index >= 15 is 0 Å². The molecule has 1 saturated heterocycles. The van der Waals surface area contributed by atoms with Crippen LogP contribution in [0.25, 0.3) is 0 Å². The Bertz CT molecular complexity index is 552. The molecule has 2 heterocycles. The Hall–Kier alpha value is -1.91. The van der Waals surface area contributed by atoms with Gasteiger partial charge in [0.2, 0.25) is 11.8 Å². The number of carbonyl (C=O) groups is 2. The van der Waals surface area contributed by atoms with Gasteiger partial charge in [0.25, 0.3) is 0 Å². The van der Waals surface area contributed by atoms with Crippen LogP contribution in [0.15, 0.2) is 24.5 Å². The first kappa shape index (κ1) is 15.0. The Kier molecular flexibility index (Phi) is 4.14. The van der Waals surface area contributed by atoms with Gasteiger partial charge in [-0.3, -0.25) is 14.6 Å². The summed E-state index contributed by atoms with van der Waals surface area (Å²) < 4.78 is 0. The van der Waals surface area contributed by atoms with Crippen LogP contribution in [0.2, 0.25) is 0 Å². The molecule has 3 rings (SSSR count). The highest BCUT2D eigenvalue weighted by atomic mass is 16.2. The van der Waals surface area contributed by atoms with Gasteiger partial charge in [-0.1, -0.05) is 18.9 Å². The van der Waals surface area contributed by atoms with Crippen molar-refractivity contribution in [3.63, 3.8) is 0 Å². The lowest BCUT2D eigenvalue weighted by molar-refractivity contribution is -0.136. The Morgan fingerprint density at radius 1 is 1.36 bits per heavy atom. The maximum Gasteiger partial charge on any atom is 0.233 e. The average molecular weight is 301 g/mol. The Morgan fingerprint density at radius 3 is 2.77 bits per heavy atom. The summed E-state index contributed by atoms with van der Waals surface area (Å²) in [7, 11) is 0. The molecule has 1 aromatic heterocycles. The van der Waals surface area contributed by atoms with Gasteiger partial charge in [-0.2, -0.15) is 0 Å². The van der Waals surface area contributed by atoms with E-state index in [1.807, 2.05) is 23.2 Å². The zero-order chi connectivity index (χ0) is 15.6. The summed E-state index contributed by atoms with van der Waals surface area (Å²) in [5, 5.41) is 0. The molecule has 5 heteroatoms. The van der Waals surface area contributed by atoms with Gasteiger partial charge >= 0.3 is 0 Å². The van der Waals surface area contributed by atoms with Crippen molar-refractivity contribution in [2.24, 2.45) is 11.7 Å². The fraction of sp³-hybridized carbons (Fsp3) is 0.588. The predicted octanol–water partition coefficient (Wildman–Crippen LogP) is 1.62. The minimum atomic E-state index is -0.407. The lowest BCUT2D eigenvalue weighted by atomic mass is 9.78. The van der Waals surface area contributed by atoms with Crippen molar-refractivity contribution in [3.8, 4) is 0 Å². The Labute approximate surface area is 130 Å². The van der Waals surface area contributed by atoms with Gasteiger partial charge in [0, 0.05) is 31.9 Å². The second kappa shape index (κ2) is 6.07. The number of likely N-dealkylation sites (tertiary alicyclic amines) is 1. The molecule has 1 unspecified atom stereocenters. The number of hydrogen-bond donors (Lipinski definition) is 1. The number of aromatic nitrogens is 1. The van der Waals surface area contributed by atoms with Crippen molar-refractivity contribution in [3.05, 3.63) is 30.1 Å². The third-order valence-electron chi connectivity index (χ3n) is 5.14. The van der Waals surface area contributed by atoms with Crippen LogP contribution in [0.1, 0.15) is 44.1 Å². The van der Waals surface area contributed by atoms with Gasteiger partial charge in [-0.25, -0.2) is 0 Å². The quantitative estimate of drug-likeness (QED) is 0.918. The first-order valence-corrected chi connectivity index (χ1v) is 8.10. The standard InChI is InChI=1S/C17H23N3O2/c18-15(21)10-13-5-9-20(12-13)16(22)17(6-1-2-7-17)14-4-3-8-19-11-14/h3-4,8,11,13H,1-2,5-7,9-10,12H2,(H2,18,21). The molecule has 1 atom stereocenters. The van der Waals surface area contributed by atoms with Crippen molar-refractivity contribution in [2.75, 3.05) is 13.1 Å². The molecular formula is C17H23N3O2. The summed E-state index contributed by atoms with van der Waals surface area (Å²) >= 11 is 0. The third-order valence-corrected chi connectivity index (χ3v) is 5.14. The lowest BCUT2D eigenvalue weighted by Crippen LogP contribution is -2.44. The molecule has 2 fully saturated rings. The van der Waals surface area contributed by atoms with Gasteiger partial charge < -0.3 is 10.6 Å². The van der Waals surface area contributed by atoms with Crippen molar-refractivity contribution in [1.82, 2.24) is 9.88 Å². The monoisotopic (exact) mass is 301 g/mol. The fourth-order valence-corrected chi connectivity index (χ4v) is 4.02. The first-order chi connectivity index (χ1) is 10.6. The second-order valence-corrected chi connectivity index (χ2v) is 6.61. The van der Waals surface area contributed by atoms with Crippen LogP contribution in [-0.4, -0.2) is 34.8 Å². The normalized spacial score (nSPS) is 23.6. The topological polar surface area (TPSA) is 76.3 Å². The van der Waals surface area contributed by atoms with Crippen LogP contribution >= 0.6 is 0 Å². The molecule has 1 aliphatic heterocycles. The molecule has 1 aliphatic carbocycles. The minimum Gasteiger partial charge on any atom is -0.370 e. The lowest BCUT2D eigenvalue weighted by Gasteiger charge is -2.32. The van der Waals surface area contributed by atoms with E-state index in [0.29, 0.717) is 13.0 Å². The molecule has 2 N–H and O–H groups in total. The number of pyridine rings is 1. The minimum absolute atomic E-state index is 0.213. The summed E-state index contributed by atoms with van der Waals surface area (Å²) in [4.78, 5) is 30.4. The summed E-state index contributed by atoms with van der Waals surface area (Å²) in [6, 6.07) is 3.93. The van der Waals surface area contributed by atoms with Crippen LogP contribution in [0.5, 0.6) is 0 Å². The first-order valence-electron chi connectivity index (χ1n) is 8.10. The van der Waals surface area contributed by atoms with E-state index in [4.69, 9.17) is 5.73 Å². The Morgan fingerprint density at radius 2 is 2.14 bits per heavy atom. The number of amides is 2. The van der Waals surface area contributed by atoms with Gasteiger partial charge in [0.05, 0.1) is 5.41 Å². The number of hydrogen-bond acceptors (Lipinski definition) is 3. The Balaban J connectivity index is 1.79. The maximum absolute atomic E-state index is 13.2. The van der Waals surface area contributed by atoms with Gasteiger partial charge in [0.15, 0.2) is 0 Å². The third kappa shape index (κ3) is 2.72. The SMILES string of the molecule is NC(=O)CC1CCN(C(=O)C2(c3cccnc3)CCCC2)C1. The summed E-state index contributed by atoms with van der Waals surface area (Å²) in [5.41, 5.74) is 5.91. The van der Waals surface area contributed by atoms with E-state index in [-0.39, 0.29) is 17.7 Å². The predicted molar refractivity (Wildman–Crippen MR) is 82.9 cm³/mol. The smallest absolute Gasteiger partial charge is 0.233 e. The number of carbonyl (C=O) groups excluding carboxylic acids is 2. The van der Waals surface area contributed by atoms with Crippen LogP contribution in [0, 0.1) is 5.92 Å². The molecule has 0 radical (unpaired) electrons. The van der Waals surface area contributed by atoms with Gasteiger partial charge in [0.1, 0.15) is 0 Å². The van der Waals surface area contributed by atoms with Crippen LogP contribution < -0.4 is 5.73 Å². The molecule has 1 saturated carbocycles. The highest BCUT2D eigenvalue weighted by Crippen LogP contribution is 2.43. The zero-order valence-electron chi connectivity index (χ0n) is 12.8. The highest BCUT2D eigenvalue weighted by Gasteiger charge is 2.46. The van der Waals surface area contributed by atoms with E-state index in [2.05, 4.69) is 4.98 Å². The molecule has 0 spiro atoms. The molecule has 5 nitrogen and oxygen atoms in total.